The average Bonchev–Trinajstić information content (AvgIpc) is 3.42. The van der Waals surface area contributed by atoms with Crippen molar-refractivity contribution in [3.8, 4) is 22.9 Å². The molecule has 0 radical (unpaired) electrons. The molecule has 4 aromatic heterocycles. The van der Waals surface area contributed by atoms with Crippen LogP contribution in [-0.2, 0) is 17.8 Å². The molecule has 11 nitrogen and oxygen atoms in total. The Kier molecular flexibility index (Phi) is 5.04. The summed E-state index contributed by atoms with van der Waals surface area (Å²) in [5, 5.41) is 13.5. The van der Waals surface area contributed by atoms with Crippen molar-refractivity contribution in [3.63, 3.8) is 0 Å². The first-order valence-corrected chi connectivity index (χ1v) is 8.45. The van der Waals surface area contributed by atoms with Crippen molar-refractivity contribution >= 4 is 5.91 Å². The summed E-state index contributed by atoms with van der Waals surface area (Å²) in [6.07, 6.45) is 8.55. The molecule has 0 aromatic carbocycles. The zero-order valence-electron chi connectivity index (χ0n) is 14.6. The van der Waals surface area contributed by atoms with Gasteiger partial charge in [-0.15, -0.1) is 0 Å². The van der Waals surface area contributed by atoms with E-state index < -0.39 is 0 Å². The van der Waals surface area contributed by atoms with E-state index in [0.717, 1.165) is 5.56 Å². The number of aryl methyl sites for hydroxylation is 1. The van der Waals surface area contributed by atoms with Crippen molar-refractivity contribution < 1.29 is 9.32 Å². The van der Waals surface area contributed by atoms with E-state index in [1.807, 2.05) is 0 Å². The van der Waals surface area contributed by atoms with E-state index in [1.165, 1.54) is 0 Å². The number of H-pyrrole nitrogens is 1. The second-order valence-electron chi connectivity index (χ2n) is 5.72. The smallest absolute Gasteiger partial charge is 0.227 e. The molecule has 0 aliphatic rings. The number of aromatic nitrogens is 8. The van der Waals surface area contributed by atoms with Gasteiger partial charge in [0.25, 0.3) is 0 Å². The molecular formula is C17H15N9O2. The molecule has 0 unspecified atom stereocenters. The van der Waals surface area contributed by atoms with Crippen molar-refractivity contribution in [2.45, 2.75) is 19.4 Å². The summed E-state index contributed by atoms with van der Waals surface area (Å²) in [6.45, 7) is 0.220. The standard InChI is InChI=1S/C17H15N9O2/c27-14(1-2-15-23-16(26-28-15)11-3-5-18-6-4-11)21-10-13-22-17(25-24-13)12-9-19-7-8-20-12/h3-9H,1-2,10H2,(H,21,27)(H,22,24,25). The first-order valence-electron chi connectivity index (χ1n) is 8.45. The maximum atomic E-state index is 12.0. The highest BCUT2D eigenvalue weighted by atomic mass is 16.5. The van der Waals surface area contributed by atoms with E-state index in [2.05, 4.69) is 45.6 Å². The first-order chi connectivity index (χ1) is 13.8. The summed E-state index contributed by atoms with van der Waals surface area (Å²) in [6, 6.07) is 3.57. The molecule has 0 aliphatic heterocycles. The minimum absolute atomic E-state index is 0.166. The lowest BCUT2D eigenvalue weighted by Gasteiger charge is -2.00. The lowest BCUT2D eigenvalue weighted by atomic mass is 10.2. The molecule has 0 saturated heterocycles. The molecular weight excluding hydrogens is 362 g/mol. The van der Waals surface area contributed by atoms with Gasteiger partial charge in [0.05, 0.1) is 12.7 Å². The van der Waals surface area contributed by atoms with Crippen LogP contribution in [0.25, 0.3) is 22.9 Å². The van der Waals surface area contributed by atoms with Crippen molar-refractivity contribution in [2.24, 2.45) is 0 Å². The largest absolute Gasteiger partial charge is 0.349 e. The van der Waals surface area contributed by atoms with Gasteiger partial charge in [-0.2, -0.15) is 10.1 Å². The molecule has 4 aromatic rings. The summed E-state index contributed by atoms with van der Waals surface area (Å²) in [4.78, 5) is 32.6. The van der Waals surface area contributed by atoms with E-state index in [4.69, 9.17) is 4.52 Å². The summed E-state index contributed by atoms with van der Waals surface area (Å²) in [5.41, 5.74) is 1.36. The normalized spacial score (nSPS) is 10.7. The van der Waals surface area contributed by atoms with E-state index in [0.29, 0.717) is 35.5 Å². The molecule has 4 heterocycles. The Labute approximate surface area is 158 Å². The second kappa shape index (κ2) is 8.12. The van der Waals surface area contributed by atoms with Gasteiger partial charge in [0.1, 0.15) is 11.5 Å². The number of pyridine rings is 1. The lowest BCUT2D eigenvalue weighted by molar-refractivity contribution is -0.121. The molecule has 11 heteroatoms. The molecule has 0 spiro atoms. The summed E-state index contributed by atoms with van der Waals surface area (Å²) in [5.74, 6) is 1.64. The fourth-order valence-corrected chi connectivity index (χ4v) is 2.37. The number of carbonyl (C=O) groups excluding carboxylic acids is 1. The predicted octanol–water partition coefficient (Wildman–Crippen LogP) is 0.956. The van der Waals surface area contributed by atoms with Crippen LogP contribution in [0.1, 0.15) is 18.1 Å². The number of carbonyl (C=O) groups is 1. The number of nitrogens with zero attached hydrogens (tertiary/aromatic N) is 7. The highest BCUT2D eigenvalue weighted by Crippen LogP contribution is 2.14. The number of hydrogen-bond donors (Lipinski definition) is 2. The fraction of sp³-hybridized carbons (Fsp3) is 0.176. The second-order valence-corrected chi connectivity index (χ2v) is 5.72. The van der Waals surface area contributed by atoms with Crippen molar-refractivity contribution in [3.05, 3.63) is 54.8 Å². The van der Waals surface area contributed by atoms with Crippen molar-refractivity contribution in [1.82, 2.24) is 45.6 Å². The molecule has 2 N–H and O–H groups in total. The number of aromatic amines is 1. The third-order valence-electron chi connectivity index (χ3n) is 3.75. The summed E-state index contributed by atoms with van der Waals surface area (Å²) >= 11 is 0. The van der Waals surface area contributed by atoms with Gasteiger partial charge in [0.2, 0.25) is 23.4 Å². The Hall–Kier alpha value is -4.02. The van der Waals surface area contributed by atoms with Gasteiger partial charge >= 0.3 is 0 Å². The number of hydrogen-bond acceptors (Lipinski definition) is 9. The van der Waals surface area contributed by atoms with Crippen LogP contribution in [0.4, 0.5) is 0 Å². The Morgan fingerprint density at radius 3 is 2.79 bits per heavy atom. The fourth-order valence-electron chi connectivity index (χ4n) is 2.37. The topological polar surface area (TPSA) is 148 Å². The predicted molar refractivity (Wildman–Crippen MR) is 95.1 cm³/mol. The molecule has 0 saturated carbocycles. The third-order valence-corrected chi connectivity index (χ3v) is 3.75. The van der Waals surface area contributed by atoms with E-state index in [-0.39, 0.29) is 18.9 Å². The molecule has 0 aliphatic carbocycles. The monoisotopic (exact) mass is 377 g/mol. The van der Waals surface area contributed by atoms with E-state index in [9.17, 15) is 4.79 Å². The Morgan fingerprint density at radius 1 is 1.07 bits per heavy atom. The SMILES string of the molecule is O=C(CCc1nc(-c2ccncc2)no1)NCc1nc(-c2cnccn2)n[nH]1. The Balaban J connectivity index is 1.26. The number of rotatable bonds is 7. The maximum absolute atomic E-state index is 12.0. The minimum atomic E-state index is -0.166. The lowest BCUT2D eigenvalue weighted by Crippen LogP contribution is -2.23. The van der Waals surface area contributed by atoms with E-state index in [1.54, 1.807) is 43.1 Å². The van der Waals surface area contributed by atoms with Crippen LogP contribution in [-0.4, -0.2) is 46.2 Å². The van der Waals surface area contributed by atoms with Crippen molar-refractivity contribution in [2.75, 3.05) is 0 Å². The van der Waals surface area contributed by atoms with Gasteiger partial charge in [0.15, 0.2) is 0 Å². The molecule has 140 valence electrons. The molecule has 4 rings (SSSR count). The van der Waals surface area contributed by atoms with Crippen LogP contribution in [0.15, 0.2) is 47.6 Å². The molecule has 1 amide bonds. The van der Waals surface area contributed by atoms with Crippen LogP contribution in [0.5, 0.6) is 0 Å². The van der Waals surface area contributed by atoms with Gasteiger partial charge < -0.3 is 9.84 Å². The zero-order chi connectivity index (χ0) is 19.2. The third kappa shape index (κ3) is 4.20. The Morgan fingerprint density at radius 2 is 1.96 bits per heavy atom. The Bertz CT molecular complexity index is 963. The van der Waals surface area contributed by atoms with Gasteiger partial charge in [0, 0.05) is 43.2 Å². The zero-order valence-corrected chi connectivity index (χ0v) is 14.6. The summed E-state index contributed by atoms with van der Waals surface area (Å²) < 4.78 is 5.18. The van der Waals surface area contributed by atoms with Crippen LogP contribution < -0.4 is 5.32 Å². The molecule has 0 bridgehead atoms. The molecule has 0 atom stereocenters. The van der Waals surface area contributed by atoms with Gasteiger partial charge in [-0.25, -0.2) is 9.97 Å². The quantitative estimate of drug-likeness (QED) is 0.480. The number of nitrogens with one attached hydrogen (secondary N) is 2. The van der Waals surface area contributed by atoms with Crippen LogP contribution >= 0.6 is 0 Å². The van der Waals surface area contributed by atoms with Crippen LogP contribution in [0.2, 0.25) is 0 Å². The maximum Gasteiger partial charge on any atom is 0.227 e. The molecule has 28 heavy (non-hydrogen) atoms. The van der Waals surface area contributed by atoms with Crippen LogP contribution in [0.3, 0.4) is 0 Å². The molecule has 0 fully saturated rings. The summed E-state index contributed by atoms with van der Waals surface area (Å²) in [7, 11) is 0. The van der Waals surface area contributed by atoms with Gasteiger partial charge in [-0.3, -0.25) is 19.9 Å². The van der Waals surface area contributed by atoms with Crippen molar-refractivity contribution in [1.29, 1.82) is 0 Å². The average molecular weight is 377 g/mol. The minimum Gasteiger partial charge on any atom is -0.349 e. The van der Waals surface area contributed by atoms with E-state index >= 15 is 0 Å². The van der Waals surface area contributed by atoms with Gasteiger partial charge in [-0.1, -0.05) is 5.16 Å². The van der Waals surface area contributed by atoms with Gasteiger partial charge in [-0.05, 0) is 12.1 Å². The number of amides is 1. The highest BCUT2D eigenvalue weighted by Gasteiger charge is 2.12. The highest BCUT2D eigenvalue weighted by molar-refractivity contribution is 5.75. The van der Waals surface area contributed by atoms with Crippen LogP contribution in [0, 0.1) is 0 Å². The first kappa shape index (κ1) is 17.4.